The van der Waals surface area contributed by atoms with Crippen molar-refractivity contribution in [2.24, 2.45) is 0 Å². The van der Waals surface area contributed by atoms with Crippen LogP contribution in [0.3, 0.4) is 0 Å². The van der Waals surface area contributed by atoms with Crippen LogP contribution in [-0.2, 0) is 13.2 Å². The van der Waals surface area contributed by atoms with Gasteiger partial charge in [0.05, 0.1) is 17.6 Å². The molecule has 0 amide bonds. The Morgan fingerprint density at radius 3 is 2.30 bits per heavy atom. The van der Waals surface area contributed by atoms with Gasteiger partial charge in [-0.05, 0) is 79.3 Å². The highest BCUT2D eigenvalue weighted by molar-refractivity contribution is 6.32. The van der Waals surface area contributed by atoms with Crippen LogP contribution in [0.1, 0.15) is 48.7 Å². The zero-order valence-corrected chi connectivity index (χ0v) is 20.5. The summed E-state index contributed by atoms with van der Waals surface area (Å²) in [5.41, 5.74) is 5.47. The van der Waals surface area contributed by atoms with Gasteiger partial charge >= 0.3 is 0 Å². The minimum atomic E-state index is 0.423. The Kier molecular flexibility index (Phi) is 7.24. The van der Waals surface area contributed by atoms with E-state index in [9.17, 15) is 0 Å². The number of benzene rings is 3. The monoisotopic (exact) mass is 462 g/mol. The van der Waals surface area contributed by atoms with Crippen molar-refractivity contribution >= 4 is 22.6 Å². The van der Waals surface area contributed by atoms with E-state index in [4.69, 9.17) is 26.1 Å². The van der Waals surface area contributed by atoms with E-state index in [0.29, 0.717) is 19.1 Å². The molecule has 1 heterocycles. The van der Waals surface area contributed by atoms with E-state index in [-0.39, 0.29) is 0 Å². The molecule has 4 aromatic rings. The van der Waals surface area contributed by atoms with Crippen LogP contribution in [0.4, 0.5) is 0 Å². The summed E-state index contributed by atoms with van der Waals surface area (Å²) >= 11 is 6.27. The maximum atomic E-state index is 6.27. The lowest BCUT2D eigenvalue weighted by atomic mass is 10.0. The molecule has 0 fully saturated rings. The molecule has 172 valence electrons. The fourth-order valence-electron chi connectivity index (χ4n) is 3.98. The van der Waals surface area contributed by atoms with Gasteiger partial charge in [0.2, 0.25) is 0 Å². The van der Waals surface area contributed by atoms with Gasteiger partial charge in [0.15, 0.2) is 0 Å². The standard InChI is InChI=1S/C28H31ClN2O2/c1-19(2)22-10-12-23(13-11-22)33-18-27-30-25-8-5-6-9-26(25)31(27)14-7-15-32-24-16-20(3)28(29)21(4)17-24/h5-6,8-13,16-17,19H,7,14-15,18H2,1-4H3. The second kappa shape index (κ2) is 10.3. The van der Waals surface area contributed by atoms with Crippen molar-refractivity contribution in [3.05, 3.63) is 88.2 Å². The Morgan fingerprint density at radius 2 is 1.61 bits per heavy atom. The summed E-state index contributed by atoms with van der Waals surface area (Å²) < 4.78 is 14.3. The van der Waals surface area contributed by atoms with Crippen molar-refractivity contribution in [3.8, 4) is 11.5 Å². The third kappa shape index (κ3) is 5.51. The summed E-state index contributed by atoms with van der Waals surface area (Å²) in [5.74, 6) is 3.14. The van der Waals surface area contributed by atoms with Crippen molar-refractivity contribution in [1.82, 2.24) is 9.55 Å². The molecule has 33 heavy (non-hydrogen) atoms. The van der Waals surface area contributed by atoms with Crippen molar-refractivity contribution < 1.29 is 9.47 Å². The fraction of sp³-hybridized carbons (Fsp3) is 0.321. The second-order valence-corrected chi connectivity index (χ2v) is 9.13. The third-order valence-electron chi connectivity index (χ3n) is 5.85. The lowest BCUT2D eigenvalue weighted by Crippen LogP contribution is -2.10. The average molecular weight is 463 g/mol. The molecule has 3 aromatic carbocycles. The molecule has 0 atom stereocenters. The molecule has 5 heteroatoms. The van der Waals surface area contributed by atoms with Crippen LogP contribution in [0, 0.1) is 13.8 Å². The first-order valence-corrected chi connectivity index (χ1v) is 11.9. The molecule has 1 aromatic heterocycles. The Hall–Kier alpha value is -2.98. The molecule has 0 aliphatic heterocycles. The first-order chi connectivity index (χ1) is 15.9. The molecule has 0 aliphatic carbocycles. The van der Waals surface area contributed by atoms with Crippen LogP contribution in [0.2, 0.25) is 5.02 Å². The number of para-hydroxylation sites is 2. The maximum Gasteiger partial charge on any atom is 0.147 e. The highest BCUT2D eigenvalue weighted by Gasteiger charge is 2.12. The molecule has 4 rings (SSSR count). The lowest BCUT2D eigenvalue weighted by molar-refractivity contribution is 0.280. The topological polar surface area (TPSA) is 36.3 Å². The first kappa shape index (κ1) is 23.2. The summed E-state index contributed by atoms with van der Waals surface area (Å²) in [6.07, 6.45) is 0.858. The van der Waals surface area contributed by atoms with Crippen LogP contribution >= 0.6 is 11.6 Å². The smallest absolute Gasteiger partial charge is 0.147 e. The van der Waals surface area contributed by atoms with Gasteiger partial charge in [0.25, 0.3) is 0 Å². The van der Waals surface area contributed by atoms with E-state index in [1.165, 1.54) is 5.56 Å². The number of aryl methyl sites for hydroxylation is 3. The first-order valence-electron chi connectivity index (χ1n) is 11.5. The molecule has 0 N–H and O–H groups in total. The average Bonchev–Trinajstić information content (AvgIpc) is 3.16. The van der Waals surface area contributed by atoms with Gasteiger partial charge in [0, 0.05) is 11.6 Å². The molecule has 0 unspecified atom stereocenters. The largest absolute Gasteiger partial charge is 0.494 e. The van der Waals surface area contributed by atoms with Gasteiger partial charge in [0.1, 0.15) is 23.9 Å². The number of aromatic nitrogens is 2. The van der Waals surface area contributed by atoms with Gasteiger partial charge in [-0.15, -0.1) is 0 Å². The number of nitrogens with zero attached hydrogens (tertiary/aromatic N) is 2. The summed E-state index contributed by atoms with van der Waals surface area (Å²) in [6.45, 7) is 10.2. The minimum absolute atomic E-state index is 0.423. The number of imidazole rings is 1. The number of halogens is 1. The van der Waals surface area contributed by atoms with Gasteiger partial charge in [-0.2, -0.15) is 0 Å². The van der Waals surface area contributed by atoms with Crippen LogP contribution in [-0.4, -0.2) is 16.2 Å². The number of fused-ring (bicyclic) bond motifs is 1. The summed E-state index contributed by atoms with van der Waals surface area (Å²) in [6, 6.07) is 20.5. The van der Waals surface area contributed by atoms with Crippen LogP contribution in [0.25, 0.3) is 11.0 Å². The Labute approximate surface area is 201 Å². The van der Waals surface area contributed by atoms with E-state index >= 15 is 0 Å². The van der Waals surface area contributed by atoms with E-state index in [2.05, 4.69) is 36.6 Å². The highest BCUT2D eigenvalue weighted by Crippen LogP contribution is 2.26. The van der Waals surface area contributed by atoms with Crippen LogP contribution in [0.5, 0.6) is 11.5 Å². The molecular weight excluding hydrogens is 432 g/mol. The SMILES string of the molecule is Cc1cc(OCCCn2c(COc3ccc(C(C)C)cc3)nc3ccccc32)cc(C)c1Cl. The zero-order valence-electron chi connectivity index (χ0n) is 19.8. The third-order valence-corrected chi connectivity index (χ3v) is 6.45. The number of hydrogen-bond donors (Lipinski definition) is 0. The van der Waals surface area contributed by atoms with Gasteiger partial charge in [-0.1, -0.05) is 49.7 Å². The Morgan fingerprint density at radius 1 is 0.909 bits per heavy atom. The molecular formula is C28H31ClN2O2. The van der Waals surface area contributed by atoms with Gasteiger partial charge in [-0.25, -0.2) is 4.98 Å². The van der Waals surface area contributed by atoms with Gasteiger partial charge in [-0.3, -0.25) is 0 Å². The second-order valence-electron chi connectivity index (χ2n) is 8.75. The van der Waals surface area contributed by atoms with Crippen molar-refractivity contribution in [3.63, 3.8) is 0 Å². The Balaban J connectivity index is 1.42. The van der Waals surface area contributed by atoms with E-state index in [0.717, 1.165) is 57.5 Å². The quantitative estimate of drug-likeness (QED) is 0.242. The van der Waals surface area contributed by atoms with Crippen molar-refractivity contribution in [1.29, 1.82) is 0 Å². The minimum Gasteiger partial charge on any atom is -0.494 e. The predicted octanol–water partition coefficient (Wildman–Crippen LogP) is 7.48. The molecule has 0 bridgehead atoms. The maximum absolute atomic E-state index is 6.27. The van der Waals surface area contributed by atoms with Gasteiger partial charge < -0.3 is 14.0 Å². The predicted molar refractivity (Wildman–Crippen MR) is 136 cm³/mol. The summed E-state index contributed by atoms with van der Waals surface area (Å²) in [5, 5.41) is 0.802. The molecule has 0 radical (unpaired) electrons. The fourth-order valence-corrected chi connectivity index (χ4v) is 4.09. The zero-order chi connectivity index (χ0) is 23.4. The lowest BCUT2D eigenvalue weighted by Gasteiger charge is -2.13. The summed E-state index contributed by atoms with van der Waals surface area (Å²) in [7, 11) is 0. The number of rotatable bonds is 9. The van der Waals surface area contributed by atoms with Crippen molar-refractivity contribution in [2.45, 2.75) is 53.2 Å². The van der Waals surface area contributed by atoms with Crippen molar-refractivity contribution in [2.75, 3.05) is 6.61 Å². The number of hydrogen-bond acceptors (Lipinski definition) is 3. The summed E-state index contributed by atoms with van der Waals surface area (Å²) in [4.78, 5) is 4.83. The normalized spacial score (nSPS) is 11.3. The van der Waals surface area contributed by atoms with E-state index in [1.54, 1.807) is 0 Å². The molecule has 0 spiro atoms. The molecule has 0 saturated carbocycles. The highest BCUT2D eigenvalue weighted by atomic mass is 35.5. The number of ether oxygens (including phenoxy) is 2. The van der Waals surface area contributed by atoms with Crippen LogP contribution in [0.15, 0.2) is 60.7 Å². The van der Waals surface area contributed by atoms with E-state index < -0.39 is 0 Å². The van der Waals surface area contributed by atoms with E-state index in [1.807, 2.05) is 56.3 Å². The molecule has 0 aliphatic rings. The molecule has 0 saturated heterocycles. The van der Waals surface area contributed by atoms with Crippen LogP contribution < -0.4 is 9.47 Å². The molecule has 4 nitrogen and oxygen atoms in total. The Bertz CT molecular complexity index is 1210.